The second-order valence-corrected chi connectivity index (χ2v) is 1.77. The third-order valence-electron chi connectivity index (χ3n) is 1.03. The molecule has 0 saturated heterocycles. The van der Waals surface area contributed by atoms with Crippen LogP contribution in [0.25, 0.3) is 0 Å². The van der Waals surface area contributed by atoms with E-state index in [0.717, 1.165) is 6.07 Å². The lowest BCUT2D eigenvalue weighted by Crippen LogP contribution is -1.94. The van der Waals surface area contributed by atoms with Crippen molar-refractivity contribution in [3.05, 3.63) is 29.8 Å². The van der Waals surface area contributed by atoms with Crippen molar-refractivity contribution in [1.82, 2.24) is 0 Å². The summed E-state index contributed by atoms with van der Waals surface area (Å²) >= 11 is 0. The van der Waals surface area contributed by atoms with Crippen LogP contribution in [0.4, 0.5) is 0 Å². The van der Waals surface area contributed by atoms with Crippen LogP contribution >= 0.6 is 0 Å². The number of carboxylic acids is 1. The Balaban J connectivity index is 3.07. The number of carboxylic acid groups (broad SMARTS) is 1. The van der Waals surface area contributed by atoms with Gasteiger partial charge in [-0.2, -0.15) is 0 Å². The molecule has 51 valence electrons. The SMILES string of the molecule is O=C(O)c1cc[c]c(O)c1. The van der Waals surface area contributed by atoms with Crippen LogP contribution in [-0.2, 0) is 0 Å². The maximum atomic E-state index is 10.2. The number of benzene rings is 1. The molecule has 0 amide bonds. The Labute approximate surface area is 57.5 Å². The van der Waals surface area contributed by atoms with Gasteiger partial charge in [-0.25, -0.2) is 4.79 Å². The number of hydrogen-bond acceptors (Lipinski definition) is 2. The van der Waals surface area contributed by atoms with E-state index in [9.17, 15) is 4.79 Å². The minimum Gasteiger partial charge on any atom is -0.507 e. The van der Waals surface area contributed by atoms with Gasteiger partial charge < -0.3 is 10.2 Å². The summed E-state index contributed by atoms with van der Waals surface area (Å²) < 4.78 is 0. The second kappa shape index (κ2) is 2.39. The highest BCUT2D eigenvalue weighted by molar-refractivity contribution is 5.87. The van der Waals surface area contributed by atoms with Crippen LogP contribution in [0.5, 0.6) is 5.75 Å². The van der Waals surface area contributed by atoms with Gasteiger partial charge in [0, 0.05) is 6.07 Å². The topological polar surface area (TPSA) is 57.5 Å². The van der Waals surface area contributed by atoms with E-state index in [1.807, 2.05) is 0 Å². The van der Waals surface area contributed by atoms with Gasteiger partial charge in [0.1, 0.15) is 5.75 Å². The number of phenols is 1. The zero-order valence-electron chi connectivity index (χ0n) is 5.03. The smallest absolute Gasteiger partial charge is 0.335 e. The highest BCUT2D eigenvalue weighted by Crippen LogP contribution is 2.09. The number of rotatable bonds is 1. The second-order valence-electron chi connectivity index (χ2n) is 1.77. The highest BCUT2D eigenvalue weighted by atomic mass is 16.4. The number of aromatic hydroxyl groups is 1. The Morgan fingerprint density at radius 1 is 1.60 bits per heavy atom. The fourth-order valence-corrected chi connectivity index (χ4v) is 0.587. The van der Waals surface area contributed by atoms with Crippen molar-refractivity contribution in [1.29, 1.82) is 0 Å². The Morgan fingerprint density at radius 3 is 2.70 bits per heavy atom. The average Bonchev–Trinajstić information content (AvgIpc) is 1.88. The van der Waals surface area contributed by atoms with Gasteiger partial charge in [0.05, 0.1) is 5.56 Å². The molecule has 0 aromatic heterocycles. The molecule has 1 aromatic rings. The fourth-order valence-electron chi connectivity index (χ4n) is 0.587. The van der Waals surface area contributed by atoms with Crippen molar-refractivity contribution >= 4 is 5.97 Å². The normalized spacial score (nSPS) is 9.20. The summed E-state index contributed by atoms with van der Waals surface area (Å²) in [5.74, 6) is -1.20. The highest BCUT2D eigenvalue weighted by Gasteiger charge is 2.00. The molecule has 0 bridgehead atoms. The van der Waals surface area contributed by atoms with E-state index in [-0.39, 0.29) is 11.3 Å². The van der Waals surface area contributed by atoms with Gasteiger partial charge in [0.2, 0.25) is 0 Å². The number of hydrogen-bond donors (Lipinski definition) is 2. The number of carbonyl (C=O) groups is 1. The molecule has 0 aliphatic carbocycles. The molecule has 1 rings (SSSR count). The maximum Gasteiger partial charge on any atom is 0.335 e. The maximum absolute atomic E-state index is 10.2. The van der Waals surface area contributed by atoms with Crippen molar-refractivity contribution in [2.75, 3.05) is 0 Å². The third-order valence-corrected chi connectivity index (χ3v) is 1.03. The van der Waals surface area contributed by atoms with Gasteiger partial charge in [0.25, 0.3) is 0 Å². The average molecular weight is 137 g/mol. The van der Waals surface area contributed by atoms with Crippen LogP contribution in [0.1, 0.15) is 10.4 Å². The summed E-state index contributed by atoms with van der Waals surface area (Å²) in [6.07, 6.45) is 0. The molecule has 1 radical (unpaired) electrons. The van der Waals surface area contributed by atoms with Gasteiger partial charge >= 0.3 is 5.97 Å². The summed E-state index contributed by atoms with van der Waals surface area (Å²) in [7, 11) is 0. The molecular weight excluding hydrogens is 132 g/mol. The van der Waals surface area contributed by atoms with Crippen LogP contribution < -0.4 is 0 Å². The monoisotopic (exact) mass is 137 g/mol. The van der Waals surface area contributed by atoms with E-state index in [2.05, 4.69) is 6.07 Å². The molecule has 3 nitrogen and oxygen atoms in total. The van der Waals surface area contributed by atoms with Crippen LogP contribution in [0, 0.1) is 6.07 Å². The van der Waals surface area contributed by atoms with E-state index in [0.29, 0.717) is 0 Å². The number of aromatic carboxylic acids is 1. The molecule has 1 aromatic carbocycles. The van der Waals surface area contributed by atoms with Gasteiger partial charge in [-0.15, -0.1) is 0 Å². The molecule has 0 saturated carbocycles. The first-order chi connectivity index (χ1) is 4.70. The molecule has 0 aliphatic rings. The first kappa shape index (κ1) is 6.61. The van der Waals surface area contributed by atoms with E-state index in [1.165, 1.54) is 12.1 Å². The van der Waals surface area contributed by atoms with E-state index in [1.54, 1.807) is 0 Å². The minimum absolute atomic E-state index is 0.0660. The van der Waals surface area contributed by atoms with Crippen molar-refractivity contribution in [3.8, 4) is 5.75 Å². The largest absolute Gasteiger partial charge is 0.507 e. The van der Waals surface area contributed by atoms with E-state index < -0.39 is 5.97 Å². The van der Waals surface area contributed by atoms with Crippen molar-refractivity contribution in [3.63, 3.8) is 0 Å². The van der Waals surface area contributed by atoms with Gasteiger partial charge in [-0.1, -0.05) is 0 Å². The Kier molecular flexibility index (Phi) is 1.58. The molecule has 0 atom stereocenters. The van der Waals surface area contributed by atoms with E-state index >= 15 is 0 Å². The Morgan fingerprint density at radius 2 is 2.30 bits per heavy atom. The van der Waals surface area contributed by atoms with E-state index in [4.69, 9.17) is 10.2 Å². The van der Waals surface area contributed by atoms with Gasteiger partial charge in [0.15, 0.2) is 0 Å². The number of phenolic OH excluding ortho intramolecular Hbond substituents is 1. The molecule has 3 heteroatoms. The van der Waals surface area contributed by atoms with Crippen molar-refractivity contribution < 1.29 is 15.0 Å². The van der Waals surface area contributed by atoms with Gasteiger partial charge in [-0.3, -0.25) is 0 Å². The minimum atomic E-state index is -1.05. The molecule has 2 N–H and O–H groups in total. The molecule has 10 heavy (non-hydrogen) atoms. The molecule has 0 unspecified atom stereocenters. The summed E-state index contributed by atoms with van der Waals surface area (Å²) in [6, 6.07) is 6.28. The lowest BCUT2D eigenvalue weighted by atomic mass is 10.2. The van der Waals surface area contributed by atoms with Crippen molar-refractivity contribution in [2.24, 2.45) is 0 Å². The molecule has 0 aliphatic heterocycles. The van der Waals surface area contributed by atoms with Crippen LogP contribution in [0.15, 0.2) is 18.2 Å². The van der Waals surface area contributed by atoms with Crippen LogP contribution in [0.3, 0.4) is 0 Å². The predicted molar refractivity (Wildman–Crippen MR) is 33.9 cm³/mol. The Bertz CT molecular complexity index is 255. The van der Waals surface area contributed by atoms with Crippen LogP contribution in [0.2, 0.25) is 0 Å². The fraction of sp³-hybridized carbons (Fsp3) is 0. The predicted octanol–water partition coefficient (Wildman–Crippen LogP) is 0.891. The summed E-state index contributed by atoms with van der Waals surface area (Å²) in [4.78, 5) is 10.2. The Hall–Kier alpha value is -1.51. The molecule has 0 spiro atoms. The zero-order valence-corrected chi connectivity index (χ0v) is 5.03. The standard InChI is InChI=1S/C7H5O3/c8-6-3-1-2-5(4-6)7(9)10/h1-2,4,8H,(H,9,10). The van der Waals surface area contributed by atoms with Crippen LogP contribution in [-0.4, -0.2) is 16.2 Å². The first-order valence-electron chi connectivity index (χ1n) is 2.64. The molecular formula is C7H5O3. The quantitative estimate of drug-likeness (QED) is 0.604. The first-order valence-corrected chi connectivity index (χ1v) is 2.64. The lowest BCUT2D eigenvalue weighted by molar-refractivity contribution is 0.0696. The van der Waals surface area contributed by atoms with Crippen molar-refractivity contribution in [2.45, 2.75) is 0 Å². The molecule has 0 heterocycles. The third kappa shape index (κ3) is 1.25. The zero-order chi connectivity index (χ0) is 7.56. The summed E-state index contributed by atoms with van der Waals surface area (Å²) in [5, 5.41) is 17.1. The molecule has 0 fully saturated rings. The lowest BCUT2D eigenvalue weighted by Gasteiger charge is -1.92. The van der Waals surface area contributed by atoms with Gasteiger partial charge in [-0.05, 0) is 18.2 Å². The summed E-state index contributed by atoms with van der Waals surface area (Å²) in [6.45, 7) is 0. The summed E-state index contributed by atoms with van der Waals surface area (Å²) in [5.41, 5.74) is 0.0660.